The Morgan fingerprint density at radius 2 is 1.53 bits per heavy atom. The molecule has 2 fully saturated rings. The summed E-state index contributed by atoms with van der Waals surface area (Å²) in [6.07, 6.45) is 2.57. The van der Waals surface area contributed by atoms with Crippen LogP contribution in [0.2, 0.25) is 0 Å². The van der Waals surface area contributed by atoms with Crippen molar-refractivity contribution in [3.63, 3.8) is 0 Å². The van der Waals surface area contributed by atoms with E-state index >= 15 is 0 Å². The predicted octanol–water partition coefficient (Wildman–Crippen LogP) is 2.92. The molecule has 5 heterocycles. The maximum absolute atomic E-state index is 5.11. The number of anilines is 1. The monoisotopic (exact) mass is 427 g/mol. The second kappa shape index (κ2) is 8.20. The maximum atomic E-state index is 5.11. The standard InChI is InChI=1S/C21H29N7OS/c1-14-15(2)30-21-19(14)20(23-17(24-21)12-26-6-4-5-7-26)28-10-8-27(9-11-28)13-18-22-16(3)29-25-18/h4-13H2,1-3H3. The van der Waals surface area contributed by atoms with Gasteiger partial charge in [0.1, 0.15) is 16.5 Å². The molecule has 3 aromatic rings. The van der Waals surface area contributed by atoms with E-state index < -0.39 is 0 Å². The molecule has 30 heavy (non-hydrogen) atoms. The third-order valence-corrected chi connectivity index (χ3v) is 7.33. The number of aromatic nitrogens is 4. The fourth-order valence-electron chi connectivity index (χ4n) is 4.44. The van der Waals surface area contributed by atoms with Crippen molar-refractivity contribution in [3.8, 4) is 0 Å². The van der Waals surface area contributed by atoms with Gasteiger partial charge in [0.2, 0.25) is 5.89 Å². The van der Waals surface area contributed by atoms with Crippen molar-refractivity contribution >= 4 is 27.4 Å². The number of rotatable bonds is 5. The molecule has 2 saturated heterocycles. The number of thiophene rings is 1. The van der Waals surface area contributed by atoms with Crippen molar-refractivity contribution in [3.05, 3.63) is 28.0 Å². The van der Waals surface area contributed by atoms with Crippen LogP contribution in [0, 0.1) is 20.8 Å². The molecule has 0 atom stereocenters. The molecule has 0 radical (unpaired) electrons. The van der Waals surface area contributed by atoms with Crippen LogP contribution in [0.25, 0.3) is 10.2 Å². The largest absolute Gasteiger partial charge is 0.353 e. The molecule has 0 bridgehead atoms. The van der Waals surface area contributed by atoms with Gasteiger partial charge in [-0.05, 0) is 45.3 Å². The molecule has 9 heteroatoms. The van der Waals surface area contributed by atoms with E-state index in [-0.39, 0.29) is 0 Å². The Bertz CT molecular complexity index is 1030. The smallest absolute Gasteiger partial charge is 0.223 e. The summed E-state index contributed by atoms with van der Waals surface area (Å²) < 4.78 is 5.11. The molecule has 3 aromatic heterocycles. The molecule has 160 valence electrons. The van der Waals surface area contributed by atoms with Gasteiger partial charge in [0, 0.05) is 38.0 Å². The SMILES string of the molecule is Cc1nc(CN2CCN(c3nc(CN4CCCC4)nc4sc(C)c(C)c34)CC2)no1. The van der Waals surface area contributed by atoms with Crippen molar-refractivity contribution in [1.29, 1.82) is 0 Å². The normalized spacial score (nSPS) is 18.7. The molecule has 5 rings (SSSR count). The first-order chi connectivity index (χ1) is 14.6. The van der Waals surface area contributed by atoms with Crippen LogP contribution in [0.3, 0.4) is 0 Å². The molecule has 2 aliphatic heterocycles. The summed E-state index contributed by atoms with van der Waals surface area (Å²) in [7, 11) is 0. The fraction of sp³-hybridized carbons (Fsp3) is 0.619. The number of likely N-dealkylation sites (tertiary alicyclic amines) is 1. The van der Waals surface area contributed by atoms with Gasteiger partial charge in [-0.1, -0.05) is 5.16 Å². The minimum atomic E-state index is 0.626. The van der Waals surface area contributed by atoms with Gasteiger partial charge >= 0.3 is 0 Å². The molecule has 2 aliphatic rings. The Labute approximate surface area is 180 Å². The zero-order valence-electron chi connectivity index (χ0n) is 18.0. The summed E-state index contributed by atoms with van der Waals surface area (Å²) in [5.74, 6) is 3.47. The molecule has 0 aliphatic carbocycles. The molecule has 8 nitrogen and oxygen atoms in total. The Morgan fingerprint density at radius 3 is 2.23 bits per heavy atom. The number of hydrogen-bond acceptors (Lipinski definition) is 9. The second-order valence-electron chi connectivity index (χ2n) is 8.40. The van der Waals surface area contributed by atoms with E-state index in [0.29, 0.717) is 5.89 Å². The molecule has 0 N–H and O–H groups in total. The summed E-state index contributed by atoms with van der Waals surface area (Å²) in [5, 5.41) is 5.28. The van der Waals surface area contributed by atoms with E-state index in [9.17, 15) is 0 Å². The van der Waals surface area contributed by atoms with Crippen LogP contribution in [0.5, 0.6) is 0 Å². The summed E-state index contributed by atoms with van der Waals surface area (Å²) in [6.45, 7) is 14.0. The van der Waals surface area contributed by atoms with Crippen molar-refractivity contribution < 1.29 is 4.52 Å². The summed E-state index contributed by atoms with van der Waals surface area (Å²) >= 11 is 1.80. The van der Waals surface area contributed by atoms with E-state index in [0.717, 1.165) is 74.7 Å². The molecule has 0 aromatic carbocycles. The first kappa shape index (κ1) is 19.8. The lowest BCUT2D eigenvalue weighted by Crippen LogP contribution is -2.46. The van der Waals surface area contributed by atoms with Crippen LogP contribution >= 0.6 is 11.3 Å². The Kier molecular flexibility index (Phi) is 5.43. The van der Waals surface area contributed by atoms with E-state index in [1.54, 1.807) is 11.3 Å². The maximum Gasteiger partial charge on any atom is 0.223 e. The van der Waals surface area contributed by atoms with Gasteiger partial charge < -0.3 is 9.42 Å². The molecule has 0 spiro atoms. The number of aryl methyl sites for hydroxylation is 3. The molecular weight excluding hydrogens is 398 g/mol. The third-order valence-electron chi connectivity index (χ3n) is 6.23. The zero-order valence-corrected chi connectivity index (χ0v) is 18.8. The average Bonchev–Trinajstić information content (AvgIpc) is 3.45. The lowest BCUT2D eigenvalue weighted by molar-refractivity contribution is 0.239. The Hall–Kier alpha value is -2.10. The van der Waals surface area contributed by atoms with Crippen LogP contribution < -0.4 is 4.90 Å². The van der Waals surface area contributed by atoms with Gasteiger partial charge in [0.15, 0.2) is 5.82 Å². The molecular formula is C21H29N7OS. The highest BCUT2D eigenvalue weighted by atomic mass is 32.1. The van der Waals surface area contributed by atoms with E-state index in [1.807, 2.05) is 6.92 Å². The number of hydrogen-bond donors (Lipinski definition) is 0. The zero-order chi connectivity index (χ0) is 20.7. The van der Waals surface area contributed by atoms with Gasteiger partial charge in [0.25, 0.3) is 0 Å². The Morgan fingerprint density at radius 1 is 0.833 bits per heavy atom. The highest BCUT2D eigenvalue weighted by Gasteiger charge is 2.25. The topological polar surface area (TPSA) is 74.4 Å². The molecule has 0 saturated carbocycles. The lowest BCUT2D eigenvalue weighted by Gasteiger charge is -2.35. The number of nitrogens with zero attached hydrogens (tertiary/aromatic N) is 7. The minimum Gasteiger partial charge on any atom is -0.353 e. The van der Waals surface area contributed by atoms with Crippen LogP contribution in [-0.2, 0) is 13.1 Å². The lowest BCUT2D eigenvalue weighted by atomic mass is 10.2. The van der Waals surface area contributed by atoms with Crippen molar-refractivity contribution in [2.45, 2.75) is 46.7 Å². The first-order valence-electron chi connectivity index (χ1n) is 10.8. The third kappa shape index (κ3) is 3.93. The van der Waals surface area contributed by atoms with Crippen LogP contribution in [0.1, 0.15) is 40.8 Å². The first-order valence-corrected chi connectivity index (χ1v) is 11.6. The summed E-state index contributed by atoms with van der Waals surface area (Å²) in [4.78, 5) is 24.2. The highest BCUT2D eigenvalue weighted by Crippen LogP contribution is 2.35. The summed E-state index contributed by atoms with van der Waals surface area (Å²) in [6, 6.07) is 0. The van der Waals surface area contributed by atoms with Gasteiger partial charge in [-0.3, -0.25) is 9.80 Å². The van der Waals surface area contributed by atoms with Crippen molar-refractivity contribution in [2.24, 2.45) is 0 Å². The van der Waals surface area contributed by atoms with Crippen molar-refractivity contribution in [1.82, 2.24) is 29.9 Å². The number of fused-ring (bicyclic) bond motifs is 1. The van der Waals surface area contributed by atoms with Crippen LogP contribution in [0.15, 0.2) is 4.52 Å². The average molecular weight is 428 g/mol. The predicted molar refractivity (Wildman–Crippen MR) is 118 cm³/mol. The summed E-state index contributed by atoms with van der Waals surface area (Å²) in [5.41, 5.74) is 1.32. The van der Waals surface area contributed by atoms with Gasteiger partial charge in [-0.15, -0.1) is 11.3 Å². The van der Waals surface area contributed by atoms with Gasteiger partial charge in [-0.25, -0.2) is 9.97 Å². The second-order valence-corrected chi connectivity index (χ2v) is 9.61. The van der Waals surface area contributed by atoms with Crippen LogP contribution in [0.4, 0.5) is 5.82 Å². The van der Waals surface area contributed by atoms with E-state index in [4.69, 9.17) is 14.5 Å². The van der Waals surface area contributed by atoms with E-state index in [1.165, 1.54) is 28.7 Å². The number of piperazine rings is 1. The quantitative estimate of drug-likeness (QED) is 0.615. The van der Waals surface area contributed by atoms with Gasteiger partial charge in [-0.2, -0.15) is 4.98 Å². The fourth-order valence-corrected chi connectivity index (χ4v) is 5.48. The van der Waals surface area contributed by atoms with Crippen molar-refractivity contribution in [2.75, 3.05) is 44.2 Å². The van der Waals surface area contributed by atoms with Crippen LogP contribution in [-0.4, -0.2) is 69.2 Å². The molecule has 0 unspecified atom stereocenters. The highest BCUT2D eigenvalue weighted by molar-refractivity contribution is 7.18. The molecule has 0 amide bonds. The minimum absolute atomic E-state index is 0.626. The Balaban J connectivity index is 1.37. The van der Waals surface area contributed by atoms with E-state index in [2.05, 4.69) is 38.7 Å². The van der Waals surface area contributed by atoms with Gasteiger partial charge in [0.05, 0.1) is 18.5 Å².